The van der Waals surface area contributed by atoms with E-state index in [0.29, 0.717) is 35.0 Å². The van der Waals surface area contributed by atoms with Crippen LogP contribution in [0.2, 0.25) is 5.02 Å². The Labute approximate surface area is 121 Å². The summed E-state index contributed by atoms with van der Waals surface area (Å²) in [4.78, 5) is 0. The molecule has 19 heavy (non-hydrogen) atoms. The van der Waals surface area contributed by atoms with E-state index in [9.17, 15) is 0 Å². The first-order valence-electron chi connectivity index (χ1n) is 6.05. The summed E-state index contributed by atoms with van der Waals surface area (Å²) in [5, 5.41) is 8.76. The summed E-state index contributed by atoms with van der Waals surface area (Å²) in [6, 6.07) is 7.34. The molecule has 0 fully saturated rings. The van der Waals surface area contributed by atoms with Gasteiger partial charge in [0.2, 0.25) is 11.8 Å². The normalized spacial score (nSPS) is 12.6. The average Bonchev–Trinajstić information content (AvgIpc) is 2.88. The summed E-state index contributed by atoms with van der Waals surface area (Å²) in [6.07, 6.45) is 0. The molecule has 1 aromatic carbocycles. The molecule has 1 unspecified atom stereocenters. The largest absolute Gasteiger partial charge is 0.420 e. The van der Waals surface area contributed by atoms with Gasteiger partial charge in [-0.2, -0.15) is 11.8 Å². The molecule has 0 amide bonds. The lowest BCUT2D eigenvalue weighted by Crippen LogP contribution is -2.12. The molecule has 0 aliphatic heterocycles. The van der Waals surface area contributed by atoms with E-state index in [1.165, 1.54) is 0 Å². The Morgan fingerprint density at radius 3 is 2.74 bits per heavy atom. The summed E-state index contributed by atoms with van der Waals surface area (Å²) in [5.41, 5.74) is 6.45. The number of hydrogen-bond donors (Lipinski definition) is 1. The number of aromatic nitrogens is 2. The quantitative estimate of drug-likeness (QED) is 0.887. The standard InChI is InChI=1S/C13H16ClN3OS/c1-9(6-15)7-19-8-12-16-17-13(18-12)10-2-4-11(14)5-3-10/h2-5,9H,6-8,15H2,1H3. The third kappa shape index (κ3) is 4.23. The number of nitrogens with two attached hydrogens (primary N) is 1. The highest BCUT2D eigenvalue weighted by atomic mass is 35.5. The van der Waals surface area contributed by atoms with Gasteiger partial charge in [0, 0.05) is 10.6 Å². The van der Waals surface area contributed by atoms with E-state index < -0.39 is 0 Å². The third-order valence-corrected chi connectivity index (χ3v) is 4.10. The van der Waals surface area contributed by atoms with Crippen LogP contribution in [0.3, 0.4) is 0 Å². The minimum Gasteiger partial charge on any atom is -0.420 e. The molecule has 0 aliphatic rings. The van der Waals surface area contributed by atoms with Crippen LogP contribution in [0.15, 0.2) is 28.7 Å². The molecule has 1 heterocycles. The molecule has 1 aromatic heterocycles. The fraction of sp³-hybridized carbons (Fsp3) is 0.385. The van der Waals surface area contributed by atoms with Crippen LogP contribution in [-0.4, -0.2) is 22.5 Å². The molecular formula is C13H16ClN3OS. The van der Waals surface area contributed by atoms with Crippen LogP contribution in [0.1, 0.15) is 12.8 Å². The molecule has 6 heteroatoms. The van der Waals surface area contributed by atoms with E-state index in [1.54, 1.807) is 23.9 Å². The van der Waals surface area contributed by atoms with Crippen molar-refractivity contribution in [2.75, 3.05) is 12.3 Å². The third-order valence-electron chi connectivity index (χ3n) is 2.59. The Kier molecular flexibility index (Phi) is 5.24. The van der Waals surface area contributed by atoms with Gasteiger partial charge in [-0.25, -0.2) is 0 Å². The molecule has 2 N–H and O–H groups in total. The second kappa shape index (κ2) is 6.93. The summed E-state index contributed by atoms with van der Waals surface area (Å²) < 4.78 is 5.61. The van der Waals surface area contributed by atoms with Crippen LogP contribution >= 0.6 is 23.4 Å². The van der Waals surface area contributed by atoms with Crippen molar-refractivity contribution in [3.63, 3.8) is 0 Å². The van der Waals surface area contributed by atoms with E-state index >= 15 is 0 Å². The highest BCUT2D eigenvalue weighted by Gasteiger charge is 2.09. The number of thioether (sulfide) groups is 1. The summed E-state index contributed by atoms with van der Waals surface area (Å²) in [6.45, 7) is 2.83. The van der Waals surface area contributed by atoms with Crippen molar-refractivity contribution in [2.24, 2.45) is 11.7 Å². The van der Waals surface area contributed by atoms with E-state index in [0.717, 1.165) is 11.3 Å². The molecule has 0 bridgehead atoms. The highest BCUT2D eigenvalue weighted by molar-refractivity contribution is 7.98. The topological polar surface area (TPSA) is 64.9 Å². The molecular weight excluding hydrogens is 282 g/mol. The zero-order chi connectivity index (χ0) is 13.7. The van der Waals surface area contributed by atoms with Crippen LogP contribution < -0.4 is 5.73 Å². The van der Waals surface area contributed by atoms with Crippen LogP contribution in [0.4, 0.5) is 0 Å². The molecule has 4 nitrogen and oxygen atoms in total. The molecule has 1 atom stereocenters. The molecule has 0 aliphatic carbocycles. The number of benzene rings is 1. The minimum atomic E-state index is 0.503. The highest BCUT2D eigenvalue weighted by Crippen LogP contribution is 2.22. The first-order valence-corrected chi connectivity index (χ1v) is 7.58. The van der Waals surface area contributed by atoms with Gasteiger partial charge in [-0.05, 0) is 42.5 Å². The zero-order valence-corrected chi connectivity index (χ0v) is 12.2. The molecule has 0 saturated carbocycles. The van der Waals surface area contributed by atoms with E-state index in [4.69, 9.17) is 21.8 Å². The first kappa shape index (κ1) is 14.4. The predicted octanol–water partition coefficient (Wildman–Crippen LogP) is 3.22. The predicted molar refractivity (Wildman–Crippen MR) is 79.1 cm³/mol. The number of hydrogen-bond acceptors (Lipinski definition) is 5. The summed E-state index contributed by atoms with van der Waals surface area (Å²) >= 11 is 7.59. The number of halogens is 1. The second-order valence-electron chi connectivity index (χ2n) is 4.36. The molecule has 2 aromatic rings. The Balaban J connectivity index is 1.93. The van der Waals surface area contributed by atoms with Crippen LogP contribution in [0.25, 0.3) is 11.5 Å². The van der Waals surface area contributed by atoms with Crippen molar-refractivity contribution in [3.8, 4) is 11.5 Å². The zero-order valence-electron chi connectivity index (χ0n) is 10.7. The van der Waals surface area contributed by atoms with Gasteiger partial charge < -0.3 is 10.2 Å². The van der Waals surface area contributed by atoms with Gasteiger partial charge in [0.1, 0.15) is 0 Å². The van der Waals surface area contributed by atoms with Crippen molar-refractivity contribution in [1.82, 2.24) is 10.2 Å². The van der Waals surface area contributed by atoms with Crippen molar-refractivity contribution in [3.05, 3.63) is 35.2 Å². The Hall–Kier alpha value is -1.04. The molecule has 0 spiro atoms. The van der Waals surface area contributed by atoms with E-state index in [-0.39, 0.29) is 0 Å². The van der Waals surface area contributed by atoms with Gasteiger partial charge >= 0.3 is 0 Å². The maximum atomic E-state index is 5.84. The van der Waals surface area contributed by atoms with Crippen molar-refractivity contribution < 1.29 is 4.42 Å². The lowest BCUT2D eigenvalue weighted by molar-refractivity contribution is 0.528. The summed E-state index contributed by atoms with van der Waals surface area (Å²) in [7, 11) is 0. The van der Waals surface area contributed by atoms with Gasteiger partial charge in [-0.15, -0.1) is 10.2 Å². The van der Waals surface area contributed by atoms with Gasteiger partial charge in [0.25, 0.3) is 0 Å². The molecule has 0 saturated heterocycles. The number of nitrogens with zero attached hydrogens (tertiary/aromatic N) is 2. The van der Waals surface area contributed by atoms with Gasteiger partial charge in [0.05, 0.1) is 5.75 Å². The Bertz CT molecular complexity index is 515. The fourth-order valence-electron chi connectivity index (χ4n) is 1.44. The van der Waals surface area contributed by atoms with Crippen LogP contribution in [0, 0.1) is 5.92 Å². The lowest BCUT2D eigenvalue weighted by Gasteiger charge is -2.05. The van der Waals surface area contributed by atoms with Gasteiger partial charge in [-0.3, -0.25) is 0 Å². The van der Waals surface area contributed by atoms with Crippen LogP contribution in [0.5, 0.6) is 0 Å². The van der Waals surface area contributed by atoms with Crippen molar-refractivity contribution in [1.29, 1.82) is 0 Å². The fourth-order valence-corrected chi connectivity index (χ4v) is 2.51. The Morgan fingerprint density at radius 2 is 2.05 bits per heavy atom. The second-order valence-corrected chi connectivity index (χ2v) is 5.83. The van der Waals surface area contributed by atoms with Crippen molar-refractivity contribution in [2.45, 2.75) is 12.7 Å². The maximum absolute atomic E-state index is 5.84. The minimum absolute atomic E-state index is 0.503. The first-order chi connectivity index (χ1) is 9.19. The van der Waals surface area contributed by atoms with Gasteiger partial charge in [-0.1, -0.05) is 18.5 Å². The summed E-state index contributed by atoms with van der Waals surface area (Å²) in [5.74, 6) is 3.38. The van der Waals surface area contributed by atoms with E-state index in [2.05, 4.69) is 17.1 Å². The molecule has 0 radical (unpaired) electrons. The molecule has 2 rings (SSSR count). The van der Waals surface area contributed by atoms with E-state index in [1.807, 2.05) is 12.1 Å². The Morgan fingerprint density at radius 1 is 1.32 bits per heavy atom. The van der Waals surface area contributed by atoms with Crippen LogP contribution in [-0.2, 0) is 5.75 Å². The van der Waals surface area contributed by atoms with Gasteiger partial charge in [0.15, 0.2) is 0 Å². The lowest BCUT2D eigenvalue weighted by atomic mass is 10.2. The SMILES string of the molecule is CC(CN)CSCc1nnc(-c2ccc(Cl)cc2)o1. The average molecular weight is 298 g/mol. The monoisotopic (exact) mass is 297 g/mol. The van der Waals surface area contributed by atoms with Crippen molar-refractivity contribution >= 4 is 23.4 Å². The smallest absolute Gasteiger partial charge is 0.247 e. The maximum Gasteiger partial charge on any atom is 0.247 e. The molecule has 102 valence electrons. The number of rotatable bonds is 6.